The van der Waals surface area contributed by atoms with Gasteiger partial charge in [-0.3, -0.25) is 9.69 Å². The highest BCUT2D eigenvalue weighted by Gasteiger charge is 2.18. The zero-order valence-corrected chi connectivity index (χ0v) is 18.7. The maximum atomic E-state index is 12.2. The third kappa shape index (κ3) is 7.48. The summed E-state index contributed by atoms with van der Waals surface area (Å²) in [4.78, 5) is 16.8. The lowest BCUT2D eigenvalue weighted by Gasteiger charge is -2.34. The largest absolute Gasteiger partial charge is 0.491 e. The average molecular weight is 467 g/mol. The smallest absolute Gasteiger partial charge is 0.238 e. The molecule has 0 atom stereocenters. The number of hydrogen-bond acceptors (Lipinski definition) is 6. The number of carbonyl (C=O) groups is 1. The number of amides is 1. The van der Waals surface area contributed by atoms with Crippen LogP contribution < -0.4 is 15.2 Å². The molecule has 1 aliphatic heterocycles. The van der Waals surface area contributed by atoms with Crippen molar-refractivity contribution < 1.29 is 17.9 Å². The molecule has 1 amide bonds. The maximum absolute atomic E-state index is 12.2. The molecule has 1 heterocycles. The highest BCUT2D eigenvalue weighted by molar-refractivity contribution is 7.89. The summed E-state index contributed by atoms with van der Waals surface area (Å²) in [6, 6.07) is 13.4. The number of piperazine rings is 1. The summed E-state index contributed by atoms with van der Waals surface area (Å²) < 4.78 is 28.6. The molecule has 168 valence electrons. The number of para-hydroxylation sites is 1. The number of anilines is 1. The Hall–Kier alpha value is -2.17. The van der Waals surface area contributed by atoms with Gasteiger partial charge in [0.05, 0.1) is 9.92 Å². The second-order valence-corrected chi connectivity index (χ2v) is 9.30. The molecule has 2 aromatic rings. The molecular formula is C21H27ClN4O4S. The Kier molecular flexibility index (Phi) is 8.28. The quantitative estimate of drug-likeness (QED) is 0.585. The molecular weight excluding hydrogens is 440 g/mol. The molecule has 1 fully saturated rings. The van der Waals surface area contributed by atoms with Crippen molar-refractivity contribution in [3.63, 3.8) is 0 Å². The highest BCUT2D eigenvalue weighted by Crippen LogP contribution is 2.23. The second kappa shape index (κ2) is 10.9. The van der Waals surface area contributed by atoms with Crippen molar-refractivity contribution in [1.29, 1.82) is 0 Å². The number of carbonyl (C=O) groups excluding carboxylic acids is 1. The van der Waals surface area contributed by atoms with Gasteiger partial charge in [-0.25, -0.2) is 13.6 Å². The van der Waals surface area contributed by atoms with Crippen LogP contribution >= 0.6 is 11.6 Å². The van der Waals surface area contributed by atoms with E-state index in [4.69, 9.17) is 21.5 Å². The van der Waals surface area contributed by atoms with Crippen LogP contribution in [0.1, 0.15) is 6.42 Å². The van der Waals surface area contributed by atoms with Gasteiger partial charge in [0.25, 0.3) is 0 Å². The summed E-state index contributed by atoms with van der Waals surface area (Å²) in [5.74, 6) is 0.533. The van der Waals surface area contributed by atoms with Crippen molar-refractivity contribution in [3.8, 4) is 5.75 Å². The van der Waals surface area contributed by atoms with Crippen LogP contribution in [0.2, 0.25) is 5.02 Å². The summed E-state index contributed by atoms with van der Waals surface area (Å²) in [5.41, 5.74) is 0.417. The van der Waals surface area contributed by atoms with Crippen molar-refractivity contribution in [2.75, 3.05) is 51.2 Å². The number of rotatable bonds is 9. The van der Waals surface area contributed by atoms with Gasteiger partial charge in [-0.15, -0.1) is 0 Å². The number of nitrogens with two attached hydrogens (primary N) is 1. The normalized spacial score (nSPS) is 15.5. The fourth-order valence-corrected chi connectivity index (χ4v) is 4.07. The molecule has 0 aromatic heterocycles. The lowest BCUT2D eigenvalue weighted by molar-refractivity contribution is -0.116. The van der Waals surface area contributed by atoms with Crippen molar-refractivity contribution in [2.45, 2.75) is 11.3 Å². The lowest BCUT2D eigenvalue weighted by atomic mass is 10.2. The third-order valence-electron chi connectivity index (χ3n) is 5.07. The highest BCUT2D eigenvalue weighted by atomic mass is 35.5. The van der Waals surface area contributed by atoms with Gasteiger partial charge in [0.2, 0.25) is 15.9 Å². The summed E-state index contributed by atoms with van der Waals surface area (Å²) in [5, 5.41) is 8.47. The Balaban J connectivity index is 1.34. The van der Waals surface area contributed by atoms with Crippen LogP contribution in [-0.2, 0) is 14.8 Å². The van der Waals surface area contributed by atoms with E-state index in [1.165, 1.54) is 12.1 Å². The molecule has 2 aromatic carbocycles. The molecule has 3 N–H and O–H groups in total. The summed E-state index contributed by atoms with van der Waals surface area (Å²) in [6.45, 7) is 5.60. The Bertz CT molecular complexity index is 994. The van der Waals surface area contributed by atoms with Crippen LogP contribution in [-0.4, -0.2) is 70.0 Å². The summed E-state index contributed by atoms with van der Waals surface area (Å²) >= 11 is 6.09. The number of hydrogen-bond donors (Lipinski definition) is 2. The van der Waals surface area contributed by atoms with Gasteiger partial charge in [0.15, 0.2) is 0 Å². The van der Waals surface area contributed by atoms with Crippen molar-refractivity contribution in [2.24, 2.45) is 5.14 Å². The van der Waals surface area contributed by atoms with Crippen LogP contribution in [0, 0.1) is 0 Å². The van der Waals surface area contributed by atoms with Gasteiger partial charge in [0, 0.05) is 51.4 Å². The molecule has 0 bridgehead atoms. The molecule has 0 aliphatic carbocycles. The van der Waals surface area contributed by atoms with E-state index >= 15 is 0 Å². The van der Waals surface area contributed by atoms with Gasteiger partial charge < -0.3 is 15.0 Å². The standard InChI is InChI=1S/C21H27ClN4O4S/c22-19-6-1-2-7-20(19)30-15-14-26-12-10-25(11-13-26)9-8-21(27)24-17-4-3-5-18(16-17)31(23,28)29/h1-7,16H,8-15H2,(H,24,27)(H2,23,28,29). The van der Waals surface area contributed by atoms with E-state index in [1.54, 1.807) is 12.1 Å². The van der Waals surface area contributed by atoms with Gasteiger partial charge in [-0.05, 0) is 30.3 Å². The van der Waals surface area contributed by atoms with E-state index in [0.29, 0.717) is 36.0 Å². The molecule has 31 heavy (non-hydrogen) atoms. The van der Waals surface area contributed by atoms with Crippen molar-refractivity contribution in [3.05, 3.63) is 53.6 Å². The van der Waals surface area contributed by atoms with E-state index in [9.17, 15) is 13.2 Å². The van der Waals surface area contributed by atoms with E-state index < -0.39 is 10.0 Å². The van der Waals surface area contributed by atoms with Crippen LogP contribution in [0.15, 0.2) is 53.4 Å². The maximum Gasteiger partial charge on any atom is 0.238 e. The first-order valence-corrected chi connectivity index (χ1v) is 12.0. The molecule has 1 saturated heterocycles. The number of primary sulfonamides is 1. The molecule has 8 nitrogen and oxygen atoms in total. The van der Waals surface area contributed by atoms with Crippen LogP contribution in [0.5, 0.6) is 5.75 Å². The zero-order valence-electron chi connectivity index (χ0n) is 17.2. The molecule has 10 heteroatoms. The van der Waals surface area contributed by atoms with Crippen molar-refractivity contribution >= 4 is 33.2 Å². The minimum atomic E-state index is -3.80. The first-order valence-electron chi connectivity index (χ1n) is 10.1. The molecule has 0 unspecified atom stereocenters. The van der Waals surface area contributed by atoms with Crippen LogP contribution in [0.25, 0.3) is 0 Å². The predicted octanol–water partition coefficient (Wildman–Crippen LogP) is 2.01. The van der Waals surface area contributed by atoms with E-state index in [0.717, 1.165) is 32.7 Å². The Morgan fingerprint density at radius 2 is 1.71 bits per heavy atom. The van der Waals surface area contributed by atoms with Crippen molar-refractivity contribution in [1.82, 2.24) is 9.80 Å². The first kappa shape index (κ1) is 23.5. The average Bonchev–Trinajstić information content (AvgIpc) is 2.74. The number of nitrogens with zero attached hydrogens (tertiary/aromatic N) is 2. The first-order chi connectivity index (χ1) is 14.8. The third-order valence-corrected chi connectivity index (χ3v) is 6.29. The fourth-order valence-electron chi connectivity index (χ4n) is 3.32. The number of nitrogens with one attached hydrogen (secondary N) is 1. The molecule has 0 spiro atoms. The zero-order chi connectivity index (χ0) is 22.3. The SMILES string of the molecule is NS(=O)(=O)c1cccc(NC(=O)CCN2CCN(CCOc3ccccc3Cl)CC2)c1. The van der Waals surface area contributed by atoms with Crippen LogP contribution in [0.4, 0.5) is 5.69 Å². The van der Waals surface area contributed by atoms with E-state index in [2.05, 4.69) is 15.1 Å². The van der Waals surface area contributed by atoms with E-state index in [-0.39, 0.29) is 10.8 Å². The molecule has 1 aliphatic rings. The Morgan fingerprint density at radius 1 is 1.03 bits per heavy atom. The molecule has 0 radical (unpaired) electrons. The van der Waals surface area contributed by atoms with Crippen LogP contribution in [0.3, 0.4) is 0 Å². The Labute approximate surface area is 188 Å². The minimum Gasteiger partial charge on any atom is -0.491 e. The topological polar surface area (TPSA) is 105 Å². The van der Waals surface area contributed by atoms with Gasteiger partial charge in [-0.1, -0.05) is 29.8 Å². The number of ether oxygens (including phenoxy) is 1. The Morgan fingerprint density at radius 3 is 2.39 bits per heavy atom. The minimum absolute atomic E-state index is 0.0278. The summed E-state index contributed by atoms with van der Waals surface area (Å²) in [7, 11) is -3.80. The van der Waals surface area contributed by atoms with E-state index in [1.807, 2.05) is 24.3 Å². The second-order valence-electron chi connectivity index (χ2n) is 7.33. The predicted molar refractivity (Wildman–Crippen MR) is 121 cm³/mol. The summed E-state index contributed by atoms with van der Waals surface area (Å²) in [6.07, 6.45) is 0.329. The monoisotopic (exact) mass is 466 g/mol. The van der Waals surface area contributed by atoms with Gasteiger partial charge >= 0.3 is 0 Å². The number of benzene rings is 2. The lowest BCUT2D eigenvalue weighted by Crippen LogP contribution is -2.48. The fraction of sp³-hybridized carbons (Fsp3) is 0.381. The molecule has 3 rings (SSSR count). The number of halogens is 1. The number of sulfonamides is 1. The molecule has 0 saturated carbocycles. The van der Waals surface area contributed by atoms with Gasteiger partial charge in [0.1, 0.15) is 12.4 Å². The van der Waals surface area contributed by atoms with Gasteiger partial charge in [-0.2, -0.15) is 0 Å².